The highest BCUT2D eigenvalue weighted by atomic mass is 19.4. The molecule has 0 aliphatic heterocycles. The molecule has 0 aromatic heterocycles. The number of halogens is 4. The molecule has 6 heteroatoms. The summed E-state index contributed by atoms with van der Waals surface area (Å²) in [7, 11) is 0. The highest BCUT2D eigenvalue weighted by Crippen LogP contribution is 2.54. The second-order valence-corrected chi connectivity index (χ2v) is 4.99. The smallest absolute Gasteiger partial charge is 0.271 e. The third kappa shape index (κ3) is 2.35. The molecule has 2 nitrogen and oxygen atoms in total. The predicted molar refractivity (Wildman–Crippen MR) is 58.8 cm³/mol. The van der Waals surface area contributed by atoms with Crippen molar-refractivity contribution in [3.63, 3.8) is 0 Å². The van der Waals surface area contributed by atoms with Gasteiger partial charge in [0.2, 0.25) is 0 Å². The van der Waals surface area contributed by atoms with Gasteiger partial charge in [0.1, 0.15) is 5.82 Å². The summed E-state index contributed by atoms with van der Waals surface area (Å²) in [5.74, 6) is 4.14. The average molecular weight is 262 g/mol. The van der Waals surface area contributed by atoms with Crippen LogP contribution in [0.5, 0.6) is 0 Å². The molecule has 1 aromatic rings. The van der Waals surface area contributed by atoms with Gasteiger partial charge >= 0.3 is 6.18 Å². The highest BCUT2D eigenvalue weighted by Gasteiger charge is 2.46. The normalized spacial score (nSPS) is 19.7. The van der Waals surface area contributed by atoms with E-state index in [0.29, 0.717) is 5.56 Å². The zero-order chi connectivity index (χ0) is 13.6. The molecule has 0 bridgehead atoms. The largest absolute Gasteiger partial charge is 0.419 e. The summed E-state index contributed by atoms with van der Waals surface area (Å²) in [5, 5.41) is 0. The predicted octanol–water partition coefficient (Wildman–Crippen LogP) is 3.15. The van der Waals surface area contributed by atoms with Gasteiger partial charge in [0.05, 0.1) is 11.6 Å². The second-order valence-electron chi connectivity index (χ2n) is 4.99. The Hall–Kier alpha value is -1.14. The number of hydrogen-bond donors (Lipinski definition) is 2. The molecule has 1 saturated carbocycles. The van der Waals surface area contributed by atoms with Crippen LogP contribution in [0.2, 0.25) is 0 Å². The fourth-order valence-electron chi connectivity index (χ4n) is 2.13. The molecule has 2 rings (SSSR count). The summed E-state index contributed by atoms with van der Waals surface area (Å²) >= 11 is 0. The molecule has 100 valence electrons. The number of alkyl halides is 3. The minimum absolute atomic E-state index is 0.143. The van der Waals surface area contributed by atoms with Crippen LogP contribution in [0.3, 0.4) is 0 Å². The Balaban J connectivity index is 2.40. The summed E-state index contributed by atoms with van der Waals surface area (Å²) in [6, 6.07) is 2.63. The van der Waals surface area contributed by atoms with E-state index in [9.17, 15) is 17.6 Å². The Morgan fingerprint density at radius 2 is 1.94 bits per heavy atom. The summed E-state index contributed by atoms with van der Waals surface area (Å²) in [4.78, 5) is 0. The van der Waals surface area contributed by atoms with Crippen LogP contribution in [0.15, 0.2) is 18.2 Å². The minimum atomic E-state index is -4.69. The van der Waals surface area contributed by atoms with E-state index in [4.69, 9.17) is 5.84 Å². The fourth-order valence-corrected chi connectivity index (χ4v) is 2.13. The molecule has 3 N–H and O–H groups in total. The van der Waals surface area contributed by atoms with Gasteiger partial charge in [-0.05, 0) is 36.0 Å². The van der Waals surface area contributed by atoms with Crippen molar-refractivity contribution in [1.82, 2.24) is 5.43 Å². The standard InChI is InChI=1S/C12H14F4N2/c1-11(4-5-11)10(18-17)7-2-3-9(13)8(6-7)12(14,15)16/h2-3,6,10,18H,4-5,17H2,1H3. The lowest BCUT2D eigenvalue weighted by Gasteiger charge is -2.24. The third-order valence-corrected chi connectivity index (χ3v) is 3.53. The van der Waals surface area contributed by atoms with Gasteiger partial charge in [0, 0.05) is 0 Å². The van der Waals surface area contributed by atoms with E-state index in [-0.39, 0.29) is 11.5 Å². The Kier molecular flexibility index (Phi) is 3.11. The van der Waals surface area contributed by atoms with Crippen molar-refractivity contribution in [2.75, 3.05) is 0 Å². The van der Waals surface area contributed by atoms with E-state index in [2.05, 4.69) is 5.43 Å². The number of hydrazine groups is 1. The van der Waals surface area contributed by atoms with Crippen LogP contribution in [0.1, 0.15) is 36.9 Å². The maximum Gasteiger partial charge on any atom is 0.419 e. The number of nitrogens with one attached hydrogen (secondary N) is 1. The zero-order valence-electron chi connectivity index (χ0n) is 9.81. The molecule has 1 aliphatic rings. The molecule has 18 heavy (non-hydrogen) atoms. The first-order valence-electron chi connectivity index (χ1n) is 5.61. The van der Waals surface area contributed by atoms with Crippen LogP contribution in [-0.4, -0.2) is 0 Å². The van der Waals surface area contributed by atoms with Gasteiger partial charge in [0.25, 0.3) is 0 Å². The van der Waals surface area contributed by atoms with Gasteiger partial charge in [-0.1, -0.05) is 13.0 Å². The van der Waals surface area contributed by atoms with Gasteiger partial charge in [-0.25, -0.2) is 4.39 Å². The first kappa shape index (κ1) is 13.3. The van der Waals surface area contributed by atoms with Crippen LogP contribution in [0, 0.1) is 11.2 Å². The van der Waals surface area contributed by atoms with Crippen LogP contribution < -0.4 is 11.3 Å². The molecular formula is C12H14F4N2. The molecule has 1 atom stereocenters. The van der Waals surface area contributed by atoms with Gasteiger partial charge in [-0.2, -0.15) is 13.2 Å². The molecular weight excluding hydrogens is 248 g/mol. The van der Waals surface area contributed by atoms with Crippen LogP contribution in [0.4, 0.5) is 17.6 Å². The topological polar surface area (TPSA) is 38.0 Å². The monoisotopic (exact) mass is 262 g/mol. The Bertz CT molecular complexity index is 452. The van der Waals surface area contributed by atoms with Gasteiger partial charge < -0.3 is 0 Å². The lowest BCUT2D eigenvalue weighted by molar-refractivity contribution is -0.140. The first-order chi connectivity index (χ1) is 8.28. The van der Waals surface area contributed by atoms with Crippen LogP contribution in [-0.2, 0) is 6.18 Å². The van der Waals surface area contributed by atoms with Crippen LogP contribution in [0.25, 0.3) is 0 Å². The average Bonchev–Trinajstić information content (AvgIpc) is 2.99. The van der Waals surface area contributed by atoms with E-state index >= 15 is 0 Å². The molecule has 1 aromatic carbocycles. The molecule has 1 fully saturated rings. The lowest BCUT2D eigenvalue weighted by atomic mass is 9.91. The van der Waals surface area contributed by atoms with E-state index in [0.717, 1.165) is 25.0 Å². The maximum atomic E-state index is 13.2. The molecule has 0 amide bonds. The number of nitrogens with two attached hydrogens (primary N) is 1. The van der Waals surface area contributed by atoms with Crippen molar-refractivity contribution in [3.8, 4) is 0 Å². The maximum absolute atomic E-state index is 13.2. The van der Waals surface area contributed by atoms with Crippen LogP contribution >= 0.6 is 0 Å². The Morgan fingerprint density at radius 3 is 2.39 bits per heavy atom. The van der Waals surface area contributed by atoms with E-state index in [1.54, 1.807) is 0 Å². The second kappa shape index (κ2) is 4.20. The zero-order valence-corrected chi connectivity index (χ0v) is 9.81. The molecule has 1 unspecified atom stereocenters. The molecule has 0 heterocycles. The Labute approximate surface area is 102 Å². The molecule has 0 saturated heterocycles. The van der Waals surface area contributed by atoms with Crippen molar-refractivity contribution in [2.45, 2.75) is 32.0 Å². The number of benzene rings is 1. The van der Waals surface area contributed by atoms with Crippen molar-refractivity contribution in [2.24, 2.45) is 11.3 Å². The Morgan fingerprint density at radius 1 is 1.33 bits per heavy atom. The van der Waals surface area contributed by atoms with Crippen molar-refractivity contribution < 1.29 is 17.6 Å². The van der Waals surface area contributed by atoms with Gasteiger partial charge in [-0.3, -0.25) is 11.3 Å². The quantitative estimate of drug-likeness (QED) is 0.499. The molecule has 0 radical (unpaired) electrons. The lowest BCUT2D eigenvalue weighted by Crippen LogP contribution is -2.33. The molecule has 0 spiro atoms. The van der Waals surface area contributed by atoms with Gasteiger partial charge in [-0.15, -0.1) is 0 Å². The third-order valence-electron chi connectivity index (χ3n) is 3.53. The summed E-state index contributed by atoms with van der Waals surface area (Å²) < 4.78 is 51.0. The summed E-state index contributed by atoms with van der Waals surface area (Å²) in [6.07, 6.45) is -2.91. The minimum Gasteiger partial charge on any atom is -0.271 e. The molecule has 1 aliphatic carbocycles. The fraction of sp³-hybridized carbons (Fsp3) is 0.500. The highest BCUT2D eigenvalue weighted by molar-refractivity contribution is 5.31. The van der Waals surface area contributed by atoms with E-state index in [1.807, 2.05) is 6.92 Å². The number of hydrogen-bond acceptors (Lipinski definition) is 2. The SMILES string of the molecule is CC1(C(NN)c2ccc(F)c(C(F)(F)F)c2)CC1. The van der Waals surface area contributed by atoms with Crippen molar-refractivity contribution in [3.05, 3.63) is 35.1 Å². The first-order valence-corrected chi connectivity index (χ1v) is 5.61. The van der Waals surface area contributed by atoms with Crippen molar-refractivity contribution >= 4 is 0 Å². The van der Waals surface area contributed by atoms with E-state index < -0.39 is 17.6 Å². The summed E-state index contributed by atoms with van der Waals surface area (Å²) in [6.45, 7) is 1.94. The van der Waals surface area contributed by atoms with Crippen molar-refractivity contribution in [1.29, 1.82) is 0 Å². The van der Waals surface area contributed by atoms with E-state index in [1.165, 1.54) is 6.07 Å². The van der Waals surface area contributed by atoms with Gasteiger partial charge in [0.15, 0.2) is 0 Å². The number of rotatable bonds is 3. The summed E-state index contributed by atoms with van der Waals surface area (Å²) in [5.41, 5.74) is 1.51.